The Hall–Kier alpha value is -1.06. The Balaban J connectivity index is 2.49. The molecular formula is C14H16BrNO. The summed E-state index contributed by atoms with van der Waals surface area (Å²) >= 11 is 3.34. The van der Waals surface area contributed by atoms with Crippen molar-refractivity contribution in [2.45, 2.75) is 19.9 Å². The van der Waals surface area contributed by atoms with Gasteiger partial charge in [-0.25, -0.2) is 0 Å². The summed E-state index contributed by atoms with van der Waals surface area (Å²) in [7, 11) is 1.95. The largest absolute Gasteiger partial charge is 0.452 e. The zero-order valence-electron chi connectivity index (χ0n) is 10.3. The number of aryl methyl sites for hydroxylation is 2. The van der Waals surface area contributed by atoms with E-state index in [1.165, 1.54) is 16.7 Å². The first-order valence-corrected chi connectivity index (χ1v) is 6.41. The average molecular weight is 294 g/mol. The van der Waals surface area contributed by atoms with Crippen LogP contribution in [-0.4, -0.2) is 7.05 Å². The van der Waals surface area contributed by atoms with Gasteiger partial charge in [0.05, 0.1) is 6.04 Å². The van der Waals surface area contributed by atoms with E-state index in [-0.39, 0.29) is 6.04 Å². The molecule has 1 aromatic carbocycles. The summed E-state index contributed by atoms with van der Waals surface area (Å²) < 4.78 is 6.42. The molecule has 1 unspecified atom stereocenters. The van der Waals surface area contributed by atoms with Crippen molar-refractivity contribution in [3.63, 3.8) is 0 Å². The second kappa shape index (κ2) is 5.07. The second-order valence-corrected chi connectivity index (χ2v) is 4.95. The van der Waals surface area contributed by atoms with E-state index in [0.717, 1.165) is 10.4 Å². The Morgan fingerprint density at radius 3 is 2.24 bits per heavy atom. The van der Waals surface area contributed by atoms with E-state index in [1.54, 1.807) is 0 Å². The van der Waals surface area contributed by atoms with Crippen LogP contribution in [0.2, 0.25) is 0 Å². The molecule has 1 heterocycles. The summed E-state index contributed by atoms with van der Waals surface area (Å²) in [6, 6.07) is 10.4. The van der Waals surface area contributed by atoms with Gasteiger partial charge in [0.15, 0.2) is 4.67 Å². The molecule has 0 saturated carbocycles. The van der Waals surface area contributed by atoms with Gasteiger partial charge < -0.3 is 9.73 Å². The van der Waals surface area contributed by atoms with Crippen LogP contribution in [0.5, 0.6) is 0 Å². The van der Waals surface area contributed by atoms with Gasteiger partial charge in [0.2, 0.25) is 0 Å². The highest BCUT2D eigenvalue weighted by Crippen LogP contribution is 2.29. The van der Waals surface area contributed by atoms with Crippen molar-refractivity contribution in [2.75, 3.05) is 7.05 Å². The summed E-state index contributed by atoms with van der Waals surface area (Å²) in [5.41, 5.74) is 3.84. The summed E-state index contributed by atoms with van der Waals surface area (Å²) in [6.45, 7) is 4.26. The van der Waals surface area contributed by atoms with Gasteiger partial charge in [-0.3, -0.25) is 0 Å². The zero-order chi connectivity index (χ0) is 12.4. The highest BCUT2D eigenvalue weighted by Gasteiger charge is 2.19. The van der Waals surface area contributed by atoms with Crippen LogP contribution in [0.15, 0.2) is 39.4 Å². The van der Waals surface area contributed by atoms with Gasteiger partial charge in [0, 0.05) is 0 Å². The number of nitrogens with one attached hydrogen (secondary N) is 1. The molecule has 0 amide bonds. The summed E-state index contributed by atoms with van der Waals surface area (Å²) in [6.07, 6.45) is 0. The Bertz CT molecular complexity index is 498. The molecule has 0 fully saturated rings. The van der Waals surface area contributed by atoms with E-state index >= 15 is 0 Å². The molecule has 2 rings (SSSR count). The Morgan fingerprint density at radius 1 is 1.12 bits per heavy atom. The quantitative estimate of drug-likeness (QED) is 0.926. The third-order valence-corrected chi connectivity index (χ3v) is 3.42. The first-order valence-electron chi connectivity index (χ1n) is 5.62. The topological polar surface area (TPSA) is 25.2 Å². The monoisotopic (exact) mass is 293 g/mol. The number of hydrogen-bond acceptors (Lipinski definition) is 2. The fraction of sp³-hybridized carbons (Fsp3) is 0.286. The maximum Gasteiger partial charge on any atom is 0.169 e. The van der Waals surface area contributed by atoms with Crippen LogP contribution in [-0.2, 0) is 0 Å². The molecule has 0 spiro atoms. The number of hydrogen-bond donors (Lipinski definition) is 1. The molecule has 0 radical (unpaired) electrons. The number of benzene rings is 1. The van der Waals surface area contributed by atoms with E-state index in [2.05, 4.69) is 53.3 Å². The molecule has 0 aliphatic heterocycles. The van der Waals surface area contributed by atoms with Gasteiger partial charge in [-0.05, 0) is 65.6 Å². The predicted octanol–water partition coefficient (Wildman–Crippen LogP) is 3.97. The first-order chi connectivity index (χ1) is 8.13. The molecule has 1 atom stereocenters. The molecule has 2 aromatic rings. The van der Waals surface area contributed by atoms with Crippen molar-refractivity contribution in [1.29, 1.82) is 0 Å². The average Bonchev–Trinajstić information content (AvgIpc) is 2.70. The lowest BCUT2D eigenvalue weighted by Crippen LogP contribution is -2.19. The predicted molar refractivity (Wildman–Crippen MR) is 73.2 cm³/mol. The van der Waals surface area contributed by atoms with Crippen molar-refractivity contribution >= 4 is 15.9 Å². The van der Waals surface area contributed by atoms with Crippen molar-refractivity contribution in [3.05, 3.63) is 57.5 Å². The van der Waals surface area contributed by atoms with Crippen LogP contribution < -0.4 is 5.32 Å². The zero-order valence-corrected chi connectivity index (χ0v) is 11.8. The number of halogens is 1. The molecule has 17 heavy (non-hydrogen) atoms. The first kappa shape index (κ1) is 12.4. The van der Waals surface area contributed by atoms with Crippen LogP contribution in [0.3, 0.4) is 0 Å². The van der Waals surface area contributed by atoms with Gasteiger partial charge in [-0.15, -0.1) is 0 Å². The highest BCUT2D eigenvalue weighted by molar-refractivity contribution is 9.10. The molecular weight excluding hydrogens is 278 g/mol. The van der Waals surface area contributed by atoms with Crippen LogP contribution in [0, 0.1) is 13.8 Å². The normalized spacial score (nSPS) is 12.7. The Labute approximate surface area is 110 Å². The second-order valence-electron chi connectivity index (χ2n) is 4.17. The lowest BCUT2D eigenvalue weighted by Gasteiger charge is -2.19. The van der Waals surface area contributed by atoms with Gasteiger partial charge in [0.1, 0.15) is 5.76 Å². The minimum absolute atomic E-state index is 0.0995. The van der Waals surface area contributed by atoms with Gasteiger partial charge in [0.25, 0.3) is 0 Å². The minimum atomic E-state index is 0.0995. The standard InChI is InChI=1S/C14H16BrNO/c1-9-5-4-6-10(2)13(9)14(16-3)11-7-8-12(15)17-11/h4-8,14,16H,1-3H3. The van der Waals surface area contributed by atoms with Crippen LogP contribution in [0.4, 0.5) is 0 Å². The number of furan rings is 1. The van der Waals surface area contributed by atoms with E-state index in [4.69, 9.17) is 4.42 Å². The van der Waals surface area contributed by atoms with E-state index in [9.17, 15) is 0 Å². The van der Waals surface area contributed by atoms with Crippen LogP contribution in [0.25, 0.3) is 0 Å². The SMILES string of the molecule is CNC(c1ccc(Br)o1)c1c(C)cccc1C. The minimum Gasteiger partial charge on any atom is -0.452 e. The molecule has 1 aromatic heterocycles. The van der Waals surface area contributed by atoms with Gasteiger partial charge in [-0.1, -0.05) is 18.2 Å². The van der Waals surface area contributed by atoms with Crippen LogP contribution >= 0.6 is 15.9 Å². The molecule has 1 N–H and O–H groups in total. The maximum absolute atomic E-state index is 5.66. The fourth-order valence-electron chi connectivity index (χ4n) is 2.19. The van der Waals surface area contributed by atoms with Crippen LogP contribution in [0.1, 0.15) is 28.5 Å². The van der Waals surface area contributed by atoms with E-state index < -0.39 is 0 Å². The van der Waals surface area contributed by atoms with Crippen molar-refractivity contribution in [1.82, 2.24) is 5.32 Å². The molecule has 0 saturated heterocycles. The van der Waals surface area contributed by atoms with E-state index in [1.807, 2.05) is 19.2 Å². The highest BCUT2D eigenvalue weighted by atomic mass is 79.9. The Morgan fingerprint density at radius 2 is 1.76 bits per heavy atom. The van der Waals surface area contributed by atoms with Crippen molar-refractivity contribution in [2.24, 2.45) is 0 Å². The molecule has 0 bridgehead atoms. The molecule has 2 nitrogen and oxygen atoms in total. The van der Waals surface area contributed by atoms with Gasteiger partial charge >= 0.3 is 0 Å². The fourth-order valence-corrected chi connectivity index (χ4v) is 2.51. The summed E-state index contributed by atoms with van der Waals surface area (Å²) in [5.74, 6) is 0.928. The lowest BCUT2D eigenvalue weighted by molar-refractivity contribution is 0.445. The number of rotatable bonds is 3. The summed E-state index contributed by atoms with van der Waals surface area (Å²) in [4.78, 5) is 0. The van der Waals surface area contributed by atoms with Crippen molar-refractivity contribution < 1.29 is 4.42 Å². The molecule has 0 aliphatic rings. The lowest BCUT2D eigenvalue weighted by atomic mass is 9.95. The maximum atomic E-state index is 5.66. The third kappa shape index (κ3) is 2.45. The molecule has 3 heteroatoms. The molecule has 0 aliphatic carbocycles. The smallest absolute Gasteiger partial charge is 0.169 e. The summed E-state index contributed by atoms with van der Waals surface area (Å²) in [5, 5.41) is 3.32. The van der Waals surface area contributed by atoms with Crippen molar-refractivity contribution in [3.8, 4) is 0 Å². The van der Waals surface area contributed by atoms with E-state index in [0.29, 0.717) is 0 Å². The Kier molecular flexibility index (Phi) is 3.69. The molecule has 90 valence electrons. The third-order valence-electron chi connectivity index (χ3n) is 3.00. The van der Waals surface area contributed by atoms with Gasteiger partial charge in [-0.2, -0.15) is 0 Å².